The molecule has 2 aromatic heterocycles. The number of rotatable bonds is 7. The highest BCUT2D eigenvalue weighted by Gasteiger charge is 2.50. The van der Waals surface area contributed by atoms with Gasteiger partial charge in [-0.25, -0.2) is 9.78 Å². The van der Waals surface area contributed by atoms with Crippen molar-refractivity contribution in [2.45, 2.75) is 57.2 Å². The van der Waals surface area contributed by atoms with Gasteiger partial charge in [0.2, 0.25) is 0 Å². The first-order valence-corrected chi connectivity index (χ1v) is 13.1. The Morgan fingerprint density at radius 2 is 1.95 bits per heavy atom. The Morgan fingerprint density at radius 1 is 1.21 bits per heavy atom. The molecule has 1 amide bonds. The van der Waals surface area contributed by atoms with Crippen molar-refractivity contribution in [3.8, 4) is 10.6 Å². The first kappa shape index (κ1) is 26.7. The van der Waals surface area contributed by atoms with Crippen molar-refractivity contribution in [1.82, 2.24) is 14.9 Å². The van der Waals surface area contributed by atoms with Gasteiger partial charge in [-0.3, -0.25) is 4.90 Å². The summed E-state index contributed by atoms with van der Waals surface area (Å²) in [6.07, 6.45) is -4.82. The number of fused-ring (bicyclic) bond motifs is 3. The van der Waals surface area contributed by atoms with E-state index in [9.17, 15) is 18.0 Å². The Morgan fingerprint density at radius 3 is 2.55 bits per heavy atom. The molecule has 0 aliphatic carbocycles. The zero-order valence-electron chi connectivity index (χ0n) is 21.4. The second-order valence-electron chi connectivity index (χ2n) is 10.3. The lowest BCUT2D eigenvalue weighted by Gasteiger charge is -2.55. The summed E-state index contributed by atoms with van der Waals surface area (Å²) in [5.41, 5.74) is 0.0736. The summed E-state index contributed by atoms with van der Waals surface area (Å²) in [7, 11) is 1.39. The van der Waals surface area contributed by atoms with Crippen LogP contribution in [0.4, 0.5) is 24.0 Å². The van der Waals surface area contributed by atoms with Gasteiger partial charge in [-0.2, -0.15) is 18.2 Å². The second kappa shape index (κ2) is 10.0. The fourth-order valence-corrected chi connectivity index (χ4v) is 5.54. The molecule has 2 bridgehead atoms. The molecule has 6 rings (SSSR count). The highest BCUT2D eigenvalue weighted by molar-refractivity contribution is 7.13. The molecule has 206 valence electrons. The van der Waals surface area contributed by atoms with Gasteiger partial charge in [-0.05, 0) is 33.3 Å². The molecular formula is C25H29F3N4O5S. The summed E-state index contributed by atoms with van der Waals surface area (Å²) in [5, 5.41) is 2.38. The molecule has 0 N–H and O–H groups in total. The van der Waals surface area contributed by atoms with E-state index in [4.69, 9.17) is 18.6 Å². The average Bonchev–Trinajstić information content (AvgIpc) is 3.50. The van der Waals surface area contributed by atoms with Gasteiger partial charge in [0.15, 0.2) is 11.7 Å². The van der Waals surface area contributed by atoms with Gasteiger partial charge in [0, 0.05) is 37.3 Å². The monoisotopic (exact) mass is 554 g/mol. The zero-order valence-corrected chi connectivity index (χ0v) is 22.3. The largest absolute Gasteiger partial charge is 0.444 e. The fraction of sp³-hybridized carbons (Fsp3) is 0.560. The third-order valence-electron chi connectivity index (χ3n) is 6.45. The van der Waals surface area contributed by atoms with Crippen molar-refractivity contribution < 1.29 is 36.6 Å². The SMILES string of the molecule is COCCOC(c1ccc(-c2nccs2)c2oc(N3CC4CC(C3)N4C(=O)OC(C)(C)C)nc12)C(F)(F)F. The predicted molar refractivity (Wildman–Crippen MR) is 134 cm³/mol. The molecule has 3 aliphatic rings. The van der Waals surface area contributed by atoms with Crippen molar-refractivity contribution >= 4 is 34.5 Å². The quantitative estimate of drug-likeness (QED) is 0.358. The number of carbonyl (C=O) groups excluding carboxylic acids is 1. The lowest BCUT2D eigenvalue weighted by Crippen LogP contribution is -2.70. The summed E-state index contributed by atoms with van der Waals surface area (Å²) in [6.45, 7) is 6.08. The van der Waals surface area contributed by atoms with Crippen molar-refractivity contribution in [2.24, 2.45) is 0 Å². The number of hydrogen-bond acceptors (Lipinski definition) is 9. The minimum Gasteiger partial charge on any atom is -0.444 e. The Labute approximate surface area is 221 Å². The lowest BCUT2D eigenvalue weighted by molar-refractivity contribution is -0.225. The molecule has 1 aromatic carbocycles. The molecule has 3 unspecified atom stereocenters. The molecule has 38 heavy (non-hydrogen) atoms. The molecule has 0 radical (unpaired) electrons. The topological polar surface area (TPSA) is 90.2 Å². The molecule has 0 saturated carbocycles. The van der Waals surface area contributed by atoms with Crippen molar-refractivity contribution in [3.63, 3.8) is 0 Å². The maximum absolute atomic E-state index is 14.1. The summed E-state index contributed by atoms with van der Waals surface area (Å²) in [5.74, 6) is 0. The van der Waals surface area contributed by atoms with E-state index in [2.05, 4.69) is 9.97 Å². The number of benzene rings is 1. The minimum absolute atomic E-state index is 0.0156. The highest BCUT2D eigenvalue weighted by Crippen LogP contribution is 2.44. The summed E-state index contributed by atoms with van der Waals surface area (Å²) >= 11 is 1.35. The van der Waals surface area contributed by atoms with E-state index in [1.807, 2.05) is 25.7 Å². The first-order chi connectivity index (χ1) is 18.0. The molecule has 3 aliphatic heterocycles. The van der Waals surface area contributed by atoms with Crippen molar-refractivity contribution in [2.75, 3.05) is 38.3 Å². The highest BCUT2D eigenvalue weighted by atomic mass is 32.1. The number of carbonyl (C=O) groups is 1. The van der Waals surface area contributed by atoms with Gasteiger partial charge in [-0.15, -0.1) is 11.3 Å². The van der Waals surface area contributed by atoms with Crippen LogP contribution in [0.3, 0.4) is 0 Å². The van der Waals surface area contributed by atoms with Gasteiger partial charge < -0.3 is 23.5 Å². The average molecular weight is 555 g/mol. The van der Waals surface area contributed by atoms with Crippen LogP contribution in [0.2, 0.25) is 0 Å². The Hall–Kier alpha value is -2.90. The Kier molecular flexibility index (Phi) is 7.03. The van der Waals surface area contributed by atoms with Crippen LogP contribution < -0.4 is 4.90 Å². The van der Waals surface area contributed by atoms with Crippen LogP contribution in [0, 0.1) is 0 Å². The molecule has 13 heteroatoms. The van der Waals surface area contributed by atoms with E-state index >= 15 is 0 Å². The number of aromatic nitrogens is 2. The van der Waals surface area contributed by atoms with Crippen LogP contribution >= 0.6 is 11.3 Å². The van der Waals surface area contributed by atoms with Gasteiger partial charge in [0.05, 0.1) is 30.9 Å². The van der Waals surface area contributed by atoms with Gasteiger partial charge in [0.1, 0.15) is 16.1 Å². The number of anilines is 1. The summed E-state index contributed by atoms with van der Waals surface area (Å²) < 4.78 is 64.0. The van der Waals surface area contributed by atoms with E-state index in [-0.39, 0.29) is 54.1 Å². The van der Waals surface area contributed by atoms with Crippen molar-refractivity contribution in [1.29, 1.82) is 0 Å². The van der Waals surface area contributed by atoms with E-state index in [0.717, 1.165) is 6.42 Å². The summed E-state index contributed by atoms with van der Waals surface area (Å²) in [6, 6.07) is 2.92. The molecule has 9 nitrogen and oxygen atoms in total. The zero-order chi connectivity index (χ0) is 27.2. The second-order valence-corrected chi connectivity index (χ2v) is 11.2. The smallest absolute Gasteiger partial charge is 0.418 e. The number of halogens is 3. The number of amides is 1. The van der Waals surface area contributed by atoms with Crippen LogP contribution in [-0.2, 0) is 14.2 Å². The lowest BCUT2D eigenvalue weighted by atomic mass is 9.88. The summed E-state index contributed by atoms with van der Waals surface area (Å²) in [4.78, 5) is 25.1. The maximum atomic E-state index is 14.1. The molecule has 3 atom stereocenters. The number of ether oxygens (including phenoxy) is 3. The van der Waals surface area contributed by atoms with Crippen LogP contribution in [0.1, 0.15) is 38.9 Å². The first-order valence-electron chi connectivity index (χ1n) is 12.2. The van der Waals surface area contributed by atoms with Crippen LogP contribution in [0.25, 0.3) is 21.7 Å². The number of hydrogen-bond donors (Lipinski definition) is 0. The maximum Gasteiger partial charge on any atom is 0.418 e. The van der Waals surface area contributed by atoms with Gasteiger partial charge in [0.25, 0.3) is 6.01 Å². The molecular weight excluding hydrogens is 525 g/mol. The minimum atomic E-state index is -4.68. The number of piperidine rings is 1. The number of alkyl halides is 3. The third kappa shape index (κ3) is 5.19. The standard InChI is InChI=1S/C25H29F3N4O5S/c1-24(2,3)37-23(33)32-14-11-15(32)13-31(12-14)22-30-18-16(20(25(26,27)28)35-9-8-34-4)5-6-17(19(18)36-22)21-29-7-10-38-21/h5-7,10,14-15,20H,8-9,11-13H2,1-4H3. The molecule has 5 heterocycles. The van der Waals surface area contributed by atoms with E-state index < -0.39 is 17.9 Å². The predicted octanol–water partition coefficient (Wildman–Crippen LogP) is 5.42. The number of methoxy groups -OCH3 is 1. The number of piperazine rings is 1. The van der Waals surface area contributed by atoms with Crippen LogP contribution in [0.15, 0.2) is 28.1 Å². The molecule has 0 spiro atoms. The van der Waals surface area contributed by atoms with E-state index in [1.54, 1.807) is 22.5 Å². The molecule has 3 fully saturated rings. The Bertz CT molecular complexity index is 1280. The van der Waals surface area contributed by atoms with Gasteiger partial charge >= 0.3 is 12.3 Å². The van der Waals surface area contributed by atoms with E-state index in [0.29, 0.717) is 23.7 Å². The van der Waals surface area contributed by atoms with Crippen molar-refractivity contribution in [3.05, 3.63) is 29.3 Å². The molecule has 3 aromatic rings. The molecule has 3 saturated heterocycles. The van der Waals surface area contributed by atoms with Gasteiger partial charge in [-0.1, -0.05) is 6.07 Å². The number of nitrogens with zero attached hydrogens (tertiary/aromatic N) is 4. The van der Waals surface area contributed by atoms with Crippen LogP contribution in [-0.4, -0.2) is 78.2 Å². The Balaban J connectivity index is 1.48. The number of thiazole rings is 1. The normalized spacial score (nSPS) is 20.5. The van der Waals surface area contributed by atoms with E-state index in [1.165, 1.54) is 24.5 Å². The number of oxazole rings is 1. The third-order valence-corrected chi connectivity index (χ3v) is 7.25. The fourth-order valence-electron chi connectivity index (χ4n) is 4.88. The van der Waals surface area contributed by atoms with Crippen LogP contribution in [0.5, 0.6) is 0 Å².